The van der Waals surface area contributed by atoms with Crippen molar-refractivity contribution in [1.29, 1.82) is 0 Å². The molecule has 0 nitrogen and oxygen atoms in total. The molecule has 0 saturated heterocycles. The van der Waals surface area contributed by atoms with Crippen LogP contribution in [0, 0.1) is 5.82 Å². The summed E-state index contributed by atoms with van der Waals surface area (Å²) in [7, 11) is 0. The van der Waals surface area contributed by atoms with Gasteiger partial charge in [0.25, 0.3) is 0 Å². The second-order valence-corrected chi connectivity index (χ2v) is 9.01. The van der Waals surface area contributed by atoms with Gasteiger partial charge in [-0.05, 0) is 52.6 Å². The molecule has 2 aromatic rings. The first-order chi connectivity index (χ1) is 11.4. The molecule has 0 amide bonds. The highest BCUT2D eigenvalue weighted by Gasteiger charge is 2.21. The molecule has 0 aliphatic heterocycles. The minimum atomic E-state index is -0.291. The summed E-state index contributed by atoms with van der Waals surface area (Å²) < 4.78 is 29.2. The molecule has 2 aromatic carbocycles. The Labute approximate surface area is 172 Å². The lowest BCUT2D eigenvalue weighted by molar-refractivity contribution is 0.595. The fourth-order valence-electron chi connectivity index (χ4n) is 2.57. The van der Waals surface area contributed by atoms with Crippen LogP contribution in [0.5, 0.6) is 0 Å². The number of halogens is 6. The van der Waals surface area contributed by atoms with Gasteiger partial charge in [0.2, 0.25) is 0 Å². The van der Waals surface area contributed by atoms with Crippen LogP contribution in [0.1, 0.15) is 12.0 Å². The quantitative estimate of drug-likeness (QED) is 0.313. The van der Waals surface area contributed by atoms with E-state index in [0.29, 0.717) is 10.9 Å². The molecule has 1 aliphatic carbocycles. The van der Waals surface area contributed by atoms with Crippen molar-refractivity contribution in [1.82, 2.24) is 0 Å². The van der Waals surface area contributed by atoms with Crippen molar-refractivity contribution in [2.24, 2.45) is 0 Å². The first-order valence-corrected chi connectivity index (χ1v) is 10.3. The Morgan fingerprint density at radius 2 is 1.42 bits per heavy atom. The Bertz CT molecular complexity index is 872. The van der Waals surface area contributed by atoms with Gasteiger partial charge in [-0.15, -0.1) is 0 Å². The molecule has 0 heterocycles. The van der Waals surface area contributed by atoms with Crippen LogP contribution in [0.4, 0.5) is 8.78 Å². The Kier molecular flexibility index (Phi) is 5.79. The largest absolute Gasteiger partial charge is 0.212 e. The number of benzene rings is 2. The summed E-state index contributed by atoms with van der Waals surface area (Å²) in [6, 6.07) is 8.57. The topological polar surface area (TPSA) is 0 Å². The van der Waals surface area contributed by atoms with Crippen molar-refractivity contribution in [3.63, 3.8) is 0 Å². The molecular weight excluding hydrogens is 574 g/mol. The number of hydrogen-bond acceptors (Lipinski definition) is 0. The van der Waals surface area contributed by atoms with E-state index in [0.717, 1.165) is 31.2 Å². The van der Waals surface area contributed by atoms with Crippen molar-refractivity contribution in [3.05, 3.63) is 73.1 Å². The average Bonchev–Trinajstić information content (AvgIpc) is 2.50. The highest BCUT2D eigenvalue weighted by atomic mass is 79.9. The third-order valence-corrected chi connectivity index (χ3v) is 6.53. The predicted octanol–water partition coefficient (Wildman–Crippen LogP) is 8.18. The SMILES string of the molecule is FC1=CC=C(c2cc(Br)c(-c3ccc(F)cc3Br)cc2Br)C(Br)C1. The van der Waals surface area contributed by atoms with E-state index in [4.69, 9.17) is 0 Å². The molecular formula is C18H10Br4F2. The summed E-state index contributed by atoms with van der Waals surface area (Å²) >= 11 is 14.2. The molecule has 0 saturated carbocycles. The predicted molar refractivity (Wildman–Crippen MR) is 109 cm³/mol. The van der Waals surface area contributed by atoms with Crippen molar-refractivity contribution in [2.45, 2.75) is 11.2 Å². The second kappa shape index (κ2) is 7.52. The average molecular weight is 584 g/mol. The van der Waals surface area contributed by atoms with Gasteiger partial charge in [-0.2, -0.15) is 0 Å². The maximum Gasteiger partial charge on any atom is 0.124 e. The fourth-order valence-corrected chi connectivity index (χ4v) is 4.98. The molecule has 0 N–H and O–H groups in total. The smallest absolute Gasteiger partial charge is 0.124 e. The number of hydrogen-bond donors (Lipinski definition) is 0. The van der Waals surface area contributed by atoms with E-state index >= 15 is 0 Å². The maximum absolute atomic E-state index is 13.4. The minimum Gasteiger partial charge on any atom is -0.212 e. The molecule has 124 valence electrons. The number of rotatable bonds is 2. The summed E-state index contributed by atoms with van der Waals surface area (Å²) in [6.07, 6.45) is 3.62. The van der Waals surface area contributed by atoms with Gasteiger partial charge in [0.05, 0.1) is 0 Å². The summed E-state index contributed by atoms with van der Waals surface area (Å²) in [5.74, 6) is -0.427. The van der Waals surface area contributed by atoms with E-state index < -0.39 is 0 Å². The van der Waals surface area contributed by atoms with Gasteiger partial charge >= 0.3 is 0 Å². The molecule has 0 fully saturated rings. The fraction of sp³-hybridized carbons (Fsp3) is 0.111. The zero-order chi connectivity index (χ0) is 17.4. The Balaban J connectivity index is 2.10. The van der Waals surface area contributed by atoms with Crippen LogP contribution in [0.3, 0.4) is 0 Å². The van der Waals surface area contributed by atoms with Crippen LogP contribution < -0.4 is 0 Å². The molecule has 3 rings (SSSR count). The van der Waals surface area contributed by atoms with Crippen molar-refractivity contribution in [3.8, 4) is 11.1 Å². The van der Waals surface area contributed by atoms with Crippen LogP contribution in [0.2, 0.25) is 0 Å². The summed E-state index contributed by atoms with van der Waals surface area (Å²) in [5, 5.41) is 0. The standard InChI is InChI=1S/C18H10Br4F2/c19-15-5-9(23)1-3-11(15)13-7-18(22)14(8-17(13)21)12-4-2-10(24)6-16(12)20/h1-5,7-8,16H,6H2. The van der Waals surface area contributed by atoms with E-state index in [-0.39, 0.29) is 16.5 Å². The molecule has 0 bridgehead atoms. The lowest BCUT2D eigenvalue weighted by atomic mass is 9.95. The summed E-state index contributed by atoms with van der Waals surface area (Å²) in [5.41, 5.74) is 3.81. The first-order valence-electron chi connectivity index (χ1n) is 7.02. The first kappa shape index (κ1) is 18.5. The zero-order valence-corrected chi connectivity index (χ0v) is 18.4. The Morgan fingerprint density at radius 3 is 2.08 bits per heavy atom. The van der Waals surface area contributed by atoms with Gasteiger partial charge < -0.3 is 0 Å². The van der Waals surface area contributed by atoms with Gasteiger partial charge in [-0.25, -0.2) is 8.78 Å². The van der Waals surface area contributed by atoms with Gasteiger partial charge in [0, 0.05) is 24.7 Å². The van der Waals surface area contributed by atoms with Gasteiger partial charge in [0.15, 0.2) is 0 Å². The third-order valence-electron chi connectivity index (χ3n) is 3.74. The lowest BCUT2D eigenvalue weighted by Gasteiger charge is -2.20. The van der Waals surface area contributed by atoms with Gasteiger partial charge in [-0.3, -0.25) is 0 Å². The van der Waals surface area contributed by atoms with Crippen LogP contribution >= 0.6 is 63.7 Å². The minimum absolute atomic E-state index is 0.0749. The third kappa shape index (κ3) is 3.76. The lowest BCUT2D eigenvalue weighted by Crippen LogP contribution is -2.06. The Morgan fingerprint density at radius 1 is 0.792 bits per heavy atom. The van der Waals surface area contributed by atoms with Gasteiger partial charge in [-0.1, -0.05) is 75.9 Å². The van der Waals surface area contributed by atoms with E-state index in [9.17, 15) is 8.78 Å². The van der Waals surface area contributed by atoms with Crippen LogP contribution in [0.25, 0.3) is 16.7 Å². The molecule has 1 atom stereocenters. The van der Waals surface area contributed by atoms with E-state index in [1.165, 1.54) is 18.2 Å². The van der Waals surface area contributed by atoms with Crippen molar-refractivity contribution >= 4 is 69.3 Å². The van der Waals surface area contributed by atoms with Crippen molar-refractivity contribution in [2.75, 3.05) is 0 Å². The van der Waals surface area contributed by atoms with Gasteiger partial charge in [0.1, 0.15) is 11.6 Å². The number of allylic oxidation sites excluding steroid dienone is 4. The molecule has 24 heavy (non-hydrogen) atoms. The second-order valence-electron chi connectivity index (χ2n) is 5.34. The highest BCUT2D eigenvalue weighted by molar-refractivity contribution is 9.11. The van der Waals surface area contributed by atoms with Crippen LogP contribution in [0.15, 0.2) is 61.7 Å². The Hall–Kier alpha value is -0.300. The van der Waals surface area contributed by atoms with Crippen LogP contribution in [-0.4, -0.2) is 4.83 Å². The van der Waals surface area contributed by atoms with Crippen molar-refractivity contribution < 1.29 is 8.78 Å². The molecule has 1 unspecified atom stereocenters. The molecule has 0 aromatic heterocycles. The highest BCUT2D eigenvalue weighted by Crippen LogP contribution is 2.42. The molecule has 1 aliphatic rings. The van der Waals surface area contributed by atoms with E-state index in [2.05, 4.69) is 63.7 Å². The molecule has 6 heteroatoms. The summed E-state index contributed by atoms with van der Waals surface area (Å²) in [6.45, 7) is 0. The van der Waals surface area contributed by atoms with E-state index in [1.807, 2.05) is 12.1 Å². The van der Waals surface area contributed by atoms with Crippen LogP contribution in [-0.2, 0) is 0 Å². The van der Waals surface area contributed by atoms with E-state index in [1.54, 1.807) is 12.1 Å². The summed E-state index contributed by atoms with van der Waals surface area (Å²) in [4.78, 5) is -0.0749. The molecule has 0 radical (unpaired) electrons. The molecule has 0 spiro atoms. The monoisotopic (exact) mass is 580 g/mol. The zero-order valence-electron chi connectivity index (χ0n) is 12.1. The maximum atomic E-state index is 13.4. The number of alkyl halides is 1. The normalized spacial score (nSPS) is 17.5.